The van der Waals surface area contributed by atoms with Crippen molar-refractivity contribution in [3.63, 3.8) is 0 Å². The van der Waals surface area contributed by atoms with Gasteiger partial charge in [-0.3, -0.25) is 9.69 Å². The molecule has 0 radical (unpaired) electrons. The lowest BCUT2D eigenvalue weighted by molar-refractivity contribution is -0.143. The molecule has 1 aliphatic rings. The molecule has 1 saturated heterocycles. The van der Waals surface area contributed by atoms with Gasteiger partial charge in [0.05, 0.1) is 18.4 Å². The quantitative estimate of drug-likeness (QED) is 0.907. The molecule has 0 amide bonds. The van der Waals surface area contributed by atoms with Crippen LogP contribution in [0.15, 0.2) is 0 Å². The number of aryl methyl sites for hydroxylation is 2. The van der Waals surface area contributed by atoms with Gasteiger partial charge in [0.25, 0.3) is 0 Å². The highest BCUT2D eigenvalue weighted by Crippen LogP contribution is 2.26. The Morgan fingerprint density at radius 3 is 2.85 bits per heavy atom. The van der Waals surface area contributed by atoms with Gasteiger partial charge in [-0.05, 0) is 26.3 Å². The maximum atomic E-state index is 11.5. The van der Waals surface area contributed by atoms with E-state index in [0.29, 0.717) is 6.54 Å². The number of nitrogens with zero attached hydrogens (tertiary/aromatic N) is 3. The predicted molar refractivity (Wildman–Crippen MR) is 74.8 cm³/mol. The van der Waals surface area contributed by atoms with Gasteiger partial charge in [-0.25, -0.2) is 4.68 Å². The van der Waals surface area contributed by atoms with Crippen molar-refractivity contribution in [2.24, 2.45) is 7.05 Å². The zero-order valence-corrected chi connectivity index (χ0v) is 12.4. The molecule has 1 aromatic rings. The molecule has 1 aromatic heterocycles. The topological polar surface area (TPSA) is 67.6 Å². The van der Waals surface area contributed by atoms with Gasteiger partial charge in [-0.2, -0.15) is 5.10 Å². The predicted octanol–water partition coefficient (Wildman–Crippen LogP) is 1.57. The largest absolute Gasteiger partial charge is 0.481 e. The van der Waals surface area contributed by atoms with Crippen LogP contribution in [0.25, 0.3) is 0 Å². The highest BCUT2D eigenvalue weighted by atomic mass is 16.5. The van der Waals surface area contributed by atoms with Crippen LogP contribution in [-0.4, -0.2) is 45.5 Å². The summed E-state index contributed by atoms with van der Waals surface area (Å²) in [6.07, 6.45) is 3.85. The SMILES string of the molecule is COc1c(CN2CCCCCC2C(=O)O)c(C)nn1C. The van der Waals surface area contributed by atoms with Gasteiger partial charge in [0, 0.05) is 13.6 Å². The van der Waals surface area contributed by atoms with Crippen LogP contribution in [0.3, 0.4) is 0 Å². The fraction of sp³-hybridized carbons (Fsp3) is 0.714. The number of rotatable bonds is 4. The lowest BCUT2D eigenvalue weighted by atomic mass is 10.1. The van der Waals surface area contributed by atoms with E-state index in [-0.39, 0.29) is 0 Å². The first-order chi connectivity index (χ1) is 9.54. The molecule has 1 N–H and O–H groups in total. The summed E-state index contributed by atoms with van der Waals surface area (Å²) >= 11 is 0. The van der Waals surface area contributed by atoms with Gasteiger partial charge < -0.3 is 9.84 Å². The highest BCUT2D eigenvalue weighted by Gasteiger charge is 2.29. The normalized spacial score (nSPS) is 20.6. The lowest BCUT2D eigenvalue weighted by Gasteiger charge is -2.26. The van der Waals surface area contributed by atoms with E-state index in [1.807, 2.05) is 18.9 Å². The first kappa shape index (κ1) is 14.8. The maximum absolute atomic E-state index is 11.5. The molecule has 0 saturated carbocycles. The first-order valence-electron chi connectivity index (χ1n) is 7.08. The molecule has 1 atom stereocenters. The van der Waals surface area contributed by atoms with Crippen LogP contribution >= 0.6 is 0 Å². The molecule has 112 valence electrons. The number of carboxylic acid groups (broad SMARTS) is 1. The Labute approximate surface area is 119 Å². The molecule has 0 aromatic carbocycles. The van der Waals surface area contributed by atoms with Crippen molar-refractivity contribution in [3.05, 3.63) is 11.3 Å². The number of hydrogen-bond acceptors (Lipinski definition) is 4. The molecule has 1 aliphatic heterocycles. The van der Waals surface area contributed by atoms with E-state index in [9.17, 15) is 9.90 Å². The summed E-state index contributed by atoms with van der Waals surface area (Å²) in [6.45, 7) is 3.33. The summed E-state index contributed by atoms with van der Waals surface area (Å²) in [6, 6.07) is -0.401. The summed E-state index contributed by atoms with van der Waals surface area (Å²) in [5.41, 5.74) is 1.89. The molecule has 2 heterocycles. The Morgan fingerprint density at radius 2 is 2.20 bits per heavy atom. The molecule has 0 spiro atoms. The van der Waals surface area contributed by atoms with Gasteiger partial charge >= 0.3 is 5.97 Å². The third-order valence-corrected chi connectivity index (χ3v) is 3.99. The van der Waals surface area contributed by atoms with E-state index >= 15 is 0 Å². The van der Waals surface area contributed by atoms with Gasteiger partial charge in [0.15, 0.2) is 0 Å². The van der Waals surface area contributed by atoms with E-state index < -0.39 is 12.0 Å². The van der Waals surface area contributed by atoms with E-state index in [1.165, 1.54) is 0 Å². The van der Waals surface area contributed by atoms with E-state index in [1.54, 1.807) is 11.8 Å². The number of carbonyl (C=O) groups is 1. The number of hydrogen-bond donors (Lipinski definition) is 1. The zero-order chi connectivity index (χ0) is 14.7. The van der Waals surface area contributed by atoms with Crippen LogP contribution in [0, 0.1) is 6.92 Å². The van der Waals surface area contributed by atoms with Crippen LogP contribution in [0.1, 0.15) is 36.9 Å². The zero-order valence-electron chi connectivity index (χ0n) is 12.4. The second kappa shape index (κ2) is 6.26. The maximum Gasteiger partial charge on any atom is 0.320 e. The molecule has 20 heavy (non-hydrogen) atoms. The number of methoxy groups -OCH3 is 1. The lowest BCUT2D eigenvalue weighted by Crippen LogP contribution is -2.40. The Morgan fingerprint density at radius 1 is 1.45 bits per heavy atom. The second-order valence-electron chi connectivity index (χ2n) is 5.37. The number of carboxylic acids is 1. The molecule has 2 rings (SSSR count). The minimum Gasteiger partial charge on any atom is -0.481 e. The van der Waals surface area contributed by atoms with Gasteiger partial charge in [0.2, 0.25) is 5.88 Å². The first-order valence-corrected chi connectivity index (χ1v) is 7.08. The van der Waals surface area contributed by atoms with Gasteiger partial charge in [-0.15, -0.1) is 0 Å². The van der Waals surface area contributed by atoms with Crippen molar-refractivity contribution < 1.29 is 14.6 Å². The molecular weight excluding hydrogens is 258 g/mol. The van der Waals surface area contributed by atoms with Crippen LogP contribution in [0.4, 0.5) is 0 Å². The van der Waals surface area contributed by atoms with Gasteiger partial charge in [-0.1, -0.05) is 12.8 Å². The van der Waals surface area contributed by atoms with Crippen molar-refractivity contribution in [2.45, 2.75) is 45.2 Å². The summed E-state index contributed by atoms with van der Waals surface area (Å²) in [4.78, 5) is 13.5. The van der Waals surface area contributed by atoms with Crippen molar-refractivity contribution in [1.29, 1.82) is 0 Å². The van der Waals surface area contributed by atoms with Crippen molar-refractivity contribution in [3.8, 4) is 5.88 Å². The number of aromatic nitrogens is 2. The number of aliphatic carboxylic acids is 1. The number of likely N-dealkylation sites (tertiary alicyclic amines) is 1. The molecule has 0 bridgehead atoms. The monoisotopic (exact) mass is 281 g/mol. The van der Waals surface area contributed by atoms with Gasteiger partial charge in [0.1, 0.15) is 6.04 Å². The smallest absolute Gasteiger partial charge is 0.320 e. The Bertz CT molecular complexity index is 484. The summed E-state index contributed by atoms with van der Waals surface area (Å²) in [5, 5.41) is 13.8. The van der Waals surface area contributed by atoms with E-state index in [4.69, 9.17) is 4.74 Å². The second-order valence-corrected chi connectivity index (χ2v) is 5.37. The third kappa shape index (κ3) is 2.95. The number of ether oxygens (including phenoxy) is 1. The summed E-state index contributed by atoms with van der Waals surface area (Å²) in [7, 11) is 3.46. The van der Waals surface area contributed by atoms with Crippen molar-refractivity contribution in [1.82, 2.24) is 14.7 Å². The molecule has 6 heteroatoms. The van der Waals surface area contributed by atoms with E-state index in [2.05, 4.69) is 5.10 Å². The van der Waals surface area contributed by atoms with Crippen LogP contribution in [0.5, 0.6) is 5.88 Å². The fourth-order valence-corrected chi connectivity index (χ4v) is 2.96. The van der Waals surface area contributed by atoms with Crippen LogP contribution in [-0.2, 0) is 18.4 Å². The fourth-order valence-electron chi connectivity index (χ4n) is 2.96. The average Bonchev–Trinajstić information content (AvgIpc) is 2.57. The minimum atomic E-state index is -0.729. The third-order valence-electron chi connectivity index (χ3n) is 3.99. The molecular formula is C14H23N3O3. The Hall–Kier alpha value is -1.56. The standard InChI is InChI=1S/C14H23N3O3/c1-10-11(13(20-3)16(2)15-10)9-17-8-6-4-5-7-12(17)14(18)19/h12H,4-9H2,1-3H3,(H,18,19). The minimum absolute atomic E-state index is 0.401. The Balaban J connectivity index is 2.24. The summed E-state index contributed by atoms with van der Waals surface area (Å²) < 4.78 is 7.10. The summed E-state index contributed by atoms with van der Waals surface area (Å²) in [5.74, 6) is -0.0108. The molecule has 1 unspecified atom stereocenters. The molecule has 1 fully saturated rings. The van der Waals surface area contributed by atoms with Crippen LogP contribution in [0.2, 0.25) is 0 Å². The highest BCUT2D eigenvalue weighted by molar-refractivity contribution is 5.73. The van der Waals surface area contributed by atoms with Crippen molar-refractivity contribution in [2.75, 3.05) is 13.7 Å². The van der Waals surface area contributed by atoms with Crippen LogP contribution < -0.4 is 4.74 Å². The van der Waals surface area contributed by atoms with Crippen molar-refractivity contribution >= 4 is 5.97 Å². The molecule has 0 aliphatic carbocycles. The average molecular weight is 281 g/mol. The van der Waals surface area contributed by atoms with E-state index in [0.717, 1.165) is 49.4 Å². The molecule has 6 nitrogen and oxygen atoms in total. The Kier molecular flexibility index (Phi) is 4.65.